The first kappa shape index (κ1) is 18.3. The number of hydrogen-bond donors (Lipinski definition) is 1. The van der Waals surface area contributed by atoms with Crippen LogP contribution in [0, 0.1) is 6.92 Å². The summed E-state index contributed by atoms with van der Waals surface area (Å²) in [4.78, 5) is 19.9. The van der Waals surface area contributed by atoms with Gasteiger partial charge in [0, 0.05) is 10.3 Å². The summed E-state index contributed by atoms with van der Waals surface area (Å²) in [6.45, 7) is 2.10. The first-order valence-electron chi connectivity index (χ1n) is 9.92. The number of benzene rings is 2. The van der Waals surface area contributed by atoms with Gasteiger partial charge in [-0.25, -0.2) is 4.98 Å². The minimum Gasteiger partial charge on any atom is -0.490 e. The van der Waals surface area contributed by atoms with Crippen LogP contribution in [0.2, 0.25) is 0 Å². The van der Waals surface area contributed by atoms with E-state index < -0.39 is 6.10 Å². The molecule has 1 atom stereocenters. The fourth-order valence-corrected chi connectivity index (χ4v) is 5.46. The molecule has 5 rings (SSSR count). The first-order valence-corrected chi connectivity index (χ1v) is 10.7. The molecule has 1 aliphatic carbocycles. The molecule has 2 aromatic heterocycles. The number of thiophene rings is 1. The Morgan fingerprint density at radius 3 is 2.93 bits per heavy atom. The van der Waals surface area contributed by atoms with Gasteiger partial charge in [-0.3, -0.25) is 9.36 Å². The Balaban J connectivity index is 1.39. The summed E-state index contributed by atoms with van der Waals surface area (Å²) in [5, 5.41) is 13.4. The third-order valence-electron chi connectivity index (χ3n) is 5.59. The zero-order chi connectivity index (χ0) is 20.0. The number of aromatic nitrogens is 2. The monoisotopic (exact) mass is 406 g/mol. The molecule has 2 heterocycles. The van der Waals surface area contributed by atoms with Gasteiger partial charge in [-0.05, 0) is 43.2 Å². The smallest absolute Gasteiger partial charge is 0.262 e. The summed E-state index contributed by atoms with van der Waals surface area (Å²) in [7, 11) is 0. The Morgan fingerprint density at radius 2 is 2.03 bits per heavy atom. The molecule has 1 unspecified atom stereocenters. The predicted molar refractivity (Wildman–Crippen MR) is 116 cm³/mol. The zero-order valence-corrected chi connectivity index (χ0v) is 17.0. The van der Waals surface area contributed by atoms with Gasteiger partial charge in [0.15, 0.2) is 0 Å². The number of fused-ring (bicyclic) bond motifs is 4. The molecule has 0 radical (unpaired) electrons. The van der Waals surface area contributed by atoms with E-state index in [1.807, 2.05) is 49.4 Å². The van der Waals surface area contributed by atoms with E-state index in [0.717, 1.165) is 51.6 Å². The van der Waals surface area contributed by atoms with E-state index in [2.05, 4.69) is 4.98 Å². The summed E-state index contributed by atoms with van der Waals surface area (Å²) in [6.07, 6.45) is 2.28. The van der Waals surface area contributed by atoms with Crippen molar-refractivity contribution in [2.75, 3.05) is 6.61 Å². The number of aliphatic hydroxyl groups is 1. The molecular weight excluding hydrogens is 384 g/mol. The van der Waals surface area contributed by atoms with Gasteiger partial charge in [0.1, 0.15) is 29.1 Å². The van der Waals surface area contributed by atoms with Gasteiger partial charge in [-0.15, -0.1) is 11.3 Å². The Bertz CT molecular complexity index is 1270. The number of hydrogen-bond acceptors (Lipinski definition) is 5. The van der Waals surface area contributed by atoms with E-state index in [9.17, 15) is 9.90 Å². The molecule has 0 spiro atoms. The summed E-state index contributed by atoms with van der Waals surface area (Å²) in [6, 6.07) is 13.8. The van der Waals surface area contributed by atoms with Gasteiger partial charge < -0.3 is 9.84 Å². The normalized spacial score (nSPS) is 14.4. The molecule has 29 heavy (non-hydrogen) atoms. The van der Waals surface area contributed by atoms with Crippen LogP contribution in [-0.2, 0) is 19.4 Å². The molecule has 0 bridgehead atoms. The van der Waals surface area contributed by atoms with Crippen LogP contribution in [0.3, 0.4) is 0 Å². The van der Waals surface area contributed by atoms with Crippen molar-refractivity contribution in [3.05, 3.63) is 69.1 Å². The Hall–Kier alpha value is -2.70. The van der Waals surface area contributed by atoms with Gasteiger partial charge in [0.2, 0.25) is 0 Å². The number of ether oxygens (including phenoxy) is 1. The molecule has 2 aromatic carbocycles. The molecule has 6 heteroatoms. The lowest BCUT2D eigenvalue weighted by Crippen LogP contribution is -2.32. The van der Waals surface area contributed by atoms with Gasteiger partial charge in [-0.1, -0.05) is 36.4 Å². The molecule has 5 nitrogen and oxygen atoms in total. The molecule has 4 aromatic rings. The molecule has 0 aliphatic heterocycles. The maximum Gasteiger partial charge on any atom is 0.262 e. The number of aryl methyl sites for hydroxylation is 3. The second-order valence-corrected chi connectivity index (χ2v) is 8.64. The highest BCUT2D eigenvalue weighted by molar-refractivity contribution is 7.18. The van der Waals surface area contributed by atoms with Crippen LogP contribution in [0.15, 0.2) is 47.3 Å². The molecule has 148 valence electrons. The predicted octanol–water partition coefficient (Wildman–Crippen LogP) is 3.85. The van der Waals surface area contributed by atoms with E-state index in [4.69, 9.17) is 4.74 Å². The molecule has 0 fully saturated rings. The van der Waals surface area contributed by atoms with Crippen molar-refractivity contribution in [3.8, 4) is 5.75 Å². The zero-order valence-electron chi connectivity index (χ0n) is 16.2. The van der Waals surface area contributed by atoms with E-state index in [0.29, 0.717) is 5.82 Å². The largest absolute Gasteiger partial charge is 0.490 e. The molecule has 0 amide bonds. The maximum absolute atomic E-state index is 13.1. The fourth-order valence-electron chi connectivity index (χ4n) is 4.16. The summed E-state index contributed by atoms with van der Waals surface area (Å²) >= 11 is 1.64. The van der Waals surface area contributed by atoms with Gasteiger partial charge in [0.05, 0.1) is 11.9 Å². The van der Waals surface area contributed by atoms with Gasteiger partial charge in [0.25, 0.3) is 5.56 Å². The molecule has 0 saturated heterocycles. The summed E-state index contributed by atoms with van der Waals surface area (Å²) < 4.78 is 7.48. The summed E-state index contributed by atoms with van der Waals surface area (Å²) in [5.74, 6) is 1.36. The molecule has 1 N–H and O–H groups in total. The van der Waals surface area contributed by atoms with Crippen LogP contribution in [0.1, 0.15) is 22.7 Å². The number of nitrogens with zero attached hydrogens (tertiary/aromatic N) is 2. The van der Waals surface area contributed by atoms with Crippen molar-refractivity contribution in [1.82, 2.24) is 9.55 Å². The van der Waals surface area contributed by atoms with Crippen LogP contribution < -0.4 is 10.3 Å². The highest BCUT2D eigenvalue weighted by Crippen LogP contribution is 2.34. The third-order valence-corrected chi connectivity index (χ3v) is 6.78. The van der Waals surface area contributed by atoms with Crippen molar-refractivity contribution in [2.24, 2.45) is 0 Å². The Kier molecular flexibility index (Phi) is 4.60. The quantitative estimate of drug-likeness (QED) is 0.547. The van der Waals surface area contributed by atoms with Crippen LogP contribution in [0.25, 0.3) is 21.0 Å². The number of aliphatic hydroxyl groups excluding tert-OH is 1. The lowest BCUT2D eigenvalue weighted by Gasteiger charge is -2.16. The van der Waals surface area contributed by atoms with Crippen LogP contribution >= 0.6 is 11.3 Å². The average Bonchev–Trinajstić information content (AvgIpc) is 3.30. The van der Waals surface area contributed by atoms with E-state index in [1.54, 1.807) is 15.9 Å². The van der Waals surface area contributed by atoms with Crippen molar-refractivity contribution < 1.29 is 9.84 Å². The van der Waals surface area contributed by atoms with Crippen molar-refractivity contribution in [1.29, 1.82) is 0 Å². The fraction of sp³-hybridized carbons (Fsp3) is 0.304. The van der Waals surface area contributed by atoms with E-state index in [-0.39, 0.29) is 18.7 Å². The lowest BCUT2D eigenvalue weighted by molar-refractivity contribution is 0.0916. The first-order chi connectivity index (χ1) is 14.1. The van der Waals surface area contributed by atoms with Gasteiger partial charge in [-0.2, -0.15) is 0 Å². The second-order valence-electron chi connectivity index (χ2n) is 7.55. The minimum atomic E-state index is -0.809. The molecular formula is C23H22N2O3S. The highest BCUT2D eigenvalue weighted by Gasteiger charge is 2.23. The molecule has 1 aliphatic rings. The van der Waals surface area contributed by atoms with E-state index >= 15 is 0 Å². The standard InChI is InChI=1S/C23H22N2O3S/c1-14-24-22-21(18-9-5-11-20(18)29-22)23(27)25(14)12-16(26)13-28-19-10-4-7-15-6-2-3-8-17(15)19/h2-4,6-8,10,16,26H,5,9,11-13H2,1H3. The van der Waals surface area contributed by atoms with Crippen LogP contribution in [0.4, 0.5) is 0 Å². The lowest BCUT2D eigenvalue weighted by atomic mass is 10.1. The third kappa shape index (κ3) is 3.22. The SMILES string of the molecule is Cc1nc2sc3c(c2c(=O)n1CC(O)COc1cccc2ccccc12)CCC3. The van der Waals surface area contributed by atoms with Gasteiger partial charge >= 0.3 is 0 Å². The Morgan fingerprint density at radius 1 is 1.21 bits per heavy atom. The number of rotatable bonds is 5. The van der Waals surface area contributed by atoms with Crippen molar-refractivity contribution in [2.45, 2.75) is 38.8 Å². The minimum absolute atomic E-state index is 0.0453. The maximum atomic E-state index is 13.1. The van der Waals surface area contributed by atoms with Crippen LogP contribution in [-0.4, -0.2) is 27.4 Å². The Labute approximate surface area is 172 Å². The molecule has 0 saturated carbocycles. The second kappa shape index (κ2) is 7.28. The van der Waals surface area contributed by atoms with Crippen molar-refractivity contribution in [3.63, 3.8) is 0 Å². The topological polar surface area (TPSA) is 64.4 Å². The van der Waals surface area contributed by atoms with Crippen LogP contribution in [0.5, 0.6) is 5.75 Å². The average molecular weight is 407 g/mol. The highest BCUT2D eigenvalue weighted by atomic mass is 32.1. The summed E-state index contributed by atoms with van der Waals surface area (Å²) in [5.41, 5.74) is 1.12. The van der Waals surface area contributed by atoms with Crippen molar-refractivity contribution >= 4 is 32.3 Å². The van der Waals surface area contributed by atoms with E-state index in [1.165, 1.54) is 4.88 Å².